The lowest BCUT2D eigenvalue weighted by Crippen LogP contribution is -2.19. The Morgan fingerprint density at radius 2 is 1.92 bits per heavy atom. The number of halogens is 1. The predicted octanol–water partition coefficient (Wildman–Crippen LogP) is 3.16. The lowest BCUT2D eigenvalue weighted by molar-refractivity contribution is -0.120. The van der Waals surface area contributed by atoms with Crippen LogP contribution in [0.5, 0.6) is 5.75 Å². The van der Waals surface area contributed by atoms with E-state index in [1.54, 1.807) is 42.5 Å². The maximum atomic E-state index is 12.0. The fourth-order valence-electron chi connectivity index (χ4n) is 1.90. The van der Waals surface area contributed by atoms with Crippen LogP contribution in [0.1, 0.15) is 11.1 Å². The third-order valence-electron chi connectivity index (χ3n) is 3.15. The van der Waals surface area contributed by atoms with Gasteiger partial charge in [-0.15, -0.1) is 0 Å². The number of carbonyl (C=O) groups is 2. The quantitative estimate of drug-likeness (QED) is 0.790. The number of rotatable bonds is 6. The predicted molar refractivity (Wildman–Crippen MR) is 95.0 cm³/mol. The van der Waals surface area contributed by atoms with Gasteiger partial charge in [-0.2, -0.15) is 0 Å². The molecule has 0 radical (unpaired) electrons. The second-order valence-corrected chi connectivity index (χ2v) is 5.54. The van der Waals surface area contributed by atoms with Crippen molar-refractivity contribution in [2.24, 2.45) is 5.73 Å². The van der Waals surface area contributed by atoms with Gasteiger partial charge in [-0.05, 0) is 48.4 Å². The molecule has 0 saturated heterocycles. The molecule has 2 amide bonds. The number of nitrogens with two attached hydrogens (primary N) is 1. The van der Waals surface area contributed by atoms with Gasteiger partial charge in [0.05, 0.1) is 0 Å². The molecule has 0 aromatic heterocycles. The van der Waals surface area contributed by atoms with Gasteiger partial charge in [0, 0.05) is 16.8 Å². The van der Waals surface area contributed by atoms with Crippen LogP contribution in [-0.4, -0.2) is 18.4 Å². The number of ether oxygens (including phenoxy) is 1. The molecule has 0 aliphatic heterocycles. The standard InChI is InChI=1S/C18H17ClN2O3/c1-12-2-6-14(19)10-16(12)21-18(23)9-5-13-3-7-15(8-4-13)24-11-17(20)22/h2-10H,11H2,1H3,(H2,20,22)(H,21,23)/b9-5+. The summed E-state index contributed by atoms with van der Waals surface area (Å²) in [6.45, 7) is 1.72. The number of nitrogens with one attached hydrogen (secondary N) is 1. The van der Waals surface area contributed by atoms with Gasteiger partial charge in [0.2, 0.25) is 5.91 Å². The molecule has 0 saturated carbocycles. The summed E-state index contributed by atoms with van der Waals surface area (Å²) in [5.74, 6) is -0.258. The van der Waals surface area contributed by atoms with E-state index in [9.17, 15) is 9.59 Å². The van der Waals surface area contributed by atoms with Crippen molar-refractivity contribution < 1.29 is 14.3 Å². The smallest absolute Gasteiger partial charge is 0.255 e. The van der Waals surface area contributed by atoms with Crippen molar-refractivity contribution in [3.63, 3.8) is 0 Å². The molecule has 6 heteroatoms. The zero-order valence-corrected chi connectivity index (χ0v) is 13.8. The van der Waals surface area contributed by atoms with Crippen LogP contribution in [-0.2, 0) is 9.59 Å². The summed E-state index contributed by atoms with van der Waals surface area (Å²) in [7, 11) is 0. The van der Waals surface area contributed by atoms with Crippen LogP contribution in [0, 0.1) is 6.92 Å². The van der Waals surface area contributed by atoms with Crippen molar-refractivity contribution in [3.05, 3.63) is 64.7 Å². The van der Waals surface area contributed by atoms with Crippen LogP contribution >= 0.6 is 11.6 Å². The molecule has 0 fully saturated rings. The van der Waals surface area contributed by atoms with Crippen LogP contribution in [0.15, 0.2) is 48.5 Å². The first-order valence-electron chi connectivity index (χ1n) is 7.20. The monoisotopic (exact) mass is 344 g/mol. The van der Waals surface area contributed by atoms with Crippen LogP contribution in [0.2, 0.25) is 5.02 Å². The Morgan fingerprint density at radius 3 is 2.58 bits per heavy atom. The van der Waals surface area contributed by atoms with E-state index in [2.05, 4.69) is 5.32 Å². The van der Waals surface area contributed by atoms with E-state index in [1.165, 1.54) is 6.08 Å². The van der Waals surface area contributed by atoms with Gasteiger partial charge in [-0.1, -0.05) is 29.8 Å². The number of primary amides is 1. The molecular weight excluding hydrogens is 328 g/mol. The maximum Gasteiger partial charge on any atom is 0.255 e. The first-order valence-corrected chi connectivity index (χ1v) is 7.58. The summed E-state index contributed by atoms with van der Waals surface area (Å²) in [4.78, 5) is 22.6. The molecule has 0 atom stereocenters. The van der Waals surface area contributed by atoms with E-state index in [4.69, 9.17) is 22.1 Å². The van der Waals surface area contributed by atoms with Gasteiger partial charge in [0.25, 0.3) is 5.91 Å². The van der Waals surface area contributed by atoms with Crippen LogP contribution < -0.4 is 15.8 Å². The average molecular weight is 345 g/mol. The highest BCUT2D eigenvalue weighted by Crippen LogP contribution is 2.20. The molecule has 2 aromatic rings. The largest absolute Gasteiger partial charge is 0.484 e. The summed E-state index contributed by atoms with van der Waals surface area (Å²) < 4.78 is 5.16. The number of carbonyl (C=O) groups excluding carboxylic acids is 2. The van der Waals surface area contributed by atoms with Crippen molar-refractivity contribution in [2.75, 3.05) is 11.9 Å². The van der Waals surface area contributed by atoms with Crippen molar-refractivity contribution in [1.82, 2.24) is 0 Å². The van der Waals surface area contributed by atoms with Crippen LogP contribution in [0.25, 0.3) is 6.08 Å². The average Bonchev–Trinajstić information content (AvgIpc) is 2.55. The zero-order valence-electron chi connectivity index (χ0n) is 13.1. The first kappa shape index (κ1) is 17.6. The molecule has 0 aliphatic rings. The van der Waals surface area contributed by atoms with Gasteiger partial charge in [0.1, 0.15) is 5.75 Å². The molecule has 0 bridgehead atoms. The van der Waals surface area contributed by atoms with Gasteiger partial charge in [0.15, 0.2) is 6.61 Å². The molecule has 5 nitrogen and oxygen atoms in total. The normalized spacial score (nSPS) is 10.6. The highest BCUT2D eigenvalue weighted by Gasteiger charge is 2.03. The summed E-state index contributed by atoms with van der Waals surface area (Å²) in [6.07, 6.45) is 3.10. The molecule has 2 aromatic carbocycles. The fraction of sp³-hybridized carbons (Fsp3) is 0.111. The Hall–Kier alpha value is -2.79. The number of benzene rings is 2. The molecule has 24 heavy (non-hydrogen) atoms. The van der Waals surface area contributed by atoms with Gasteiger partial charge in [-0.25, -0.2) is 0 Å². The van der Waals surface area contributed by atoms with Crippen LogP contribution in [0.3, 0.4) is 0 Å². The number of hydrogen-bond donors (Lipinski definition) is 2. The van der Waals surface area contributed by atoms with E-state index in [0.29, 0.717) is 16.5 Å². The van der Waals surface area contributed by atoms with E-state index >= 15 is 0 Å². The summed E-state index contributed by atoms with van der Waals surface area (Å²) in [6, 6.07) is 12.2. The topological polar surface area (TPSA) is 81.4 Å². The second kappa shape index (κ2) is 8.17. The van der Waals surface area contributed by atoms with E-state index in [0.717, 1.165) is 11.1 Å². The molecule has 3 N–H and O–H groups in total. The molecule has 0 unspecified atom stereocenters. The summed E-state index contributed by atoms with van der Waals surface area (Å²) >= 11 is 5.92. The Balaban J connectivity index is 1.96. The van der Waals surface area contributed by atoms with E-state index < -0.39 is 5.91 Å². The lowest BCUT2D eigenvalue weighted by Gasteiger charge is -2.06. The molecule has 0 heterocycles. The van der Waals surface area contributed by atoms with Gasteiger partial charge >= 0.3 is 0 Å². The molecule has 0 spiro atoms. The second-order valence-electron chi connectivity index (χ2n) is 5.11. The number of hydrogen-bond acceptors (Lipinski definition) is 3. The van der Waals surface area contributed by atoms with Crippen molar-refractivity contribution in [2.45, 2.75) is 6.92 Å². The fourth-order valence-corrected chi connectivity index (χ4v) is 2.08. The highest BCUT2D eigenvalue weighted by molar-refractivity contribution is 6.31. The molecule has 124 valence electrons. The Labute approximate surface area is 145 Å². The minimum atomic E-state index is -0.535. The van der Waals surface area contributed by atoms with Crippen molar-refractivity contribution in [1.29, 1.82) is 0 Å². The Morgan fingerprint density at radius 1 is 1.21 bits per heavy atom. The van der Waals surface area contributed by atoms with Crippen molar-refractivity contribution in [3.8, 4) is 5.75 Å². The Kier molecular flexibility index (Phi) is 5.98. The number of amides is 2. The zero-order chi connectivity index (χ0) is 17.5. The maximum absolute atomic E-state index is 12.0. The summed E-state index contributed by atoms with van der Waals surface area (Å²) in [5.41, 5.74) is 7.43. The summed E-state index contributed by atoms with van der Waals surface area (Å²) in [5, 5.41) is 3.34. The number of anilines is 1. The molecule has 0 aliphatic carbocycles. The SMILES string of the molecule is Cc1ccc(Cl)cc1NC(=O)/C=C/c1ccc(OCC(N)=O)cc1. The van der Waals surface area contributed by atoms with Crippen LogP contribution in [0.4, 0.5) is 5.69 Å². The minimum Gasteiger partial charge on any atom is -0.484 e. The number of aryl methyl sites for hydroxylation is 1. The third kappa shape index (κ3) is 5.44. The molecule has 2 rings (SSSR count). The van der Waals surface area contributed by atoms with E-state index in [1.807, 2.05) is 13.0 Å². The van der Waals surface area contributed by atoms with Gasteiger partial charge < -0.3 is 15.8 Å². The lowest BCUT2D eigenvalue weighted by atomic mass is 10.2. The Bertz CT molecular complexity index is 770. The minimum absolute atomic E-state index is 0.170. The molecular formula is C18H17ClN2O3. The van der Waals surface area contributed by atoms with E-state index in [-0.39, 0.29) is 12.5 Å². The highest BCUT2D eigenvalue weighted by atomic mass is 35.5. The van der Waals surface area contributed by atoms with Gasteiger partial charge in [-0.3, -0.25) is 9.59 Å². The first-order chi connectivity index (χ1) is 11.4. The third-order valence-corrected chi connectivity index (χ3v) is 3.38. The van der Waals surface area contributed by atoms with Crippen molar-refractivity contribution >= 4 is 35.2 Å².